The van der Waals surface area contributed by atoms with Gasteiger partial charge in [-0.25, -0.2) is 0 Å². The first kappa shape index (κ1) is 12.8. The molecule has 2 atom stereocenters. The number of nitrogens with one attached hydrogen (secondary N) is 1. The molecule has 0 aromatic carbocycles. The third-order valence-corrected chi connectivity index (χ3v) is 3.04. The monoisotopic (exact) mass is 250 g/mol. The number of carbonyl (C=O) groups excluding carboxylic acids is 1. The lowest BCUT2D eigenvalue weighted by molar-refractivity contribution is -0.121. The highest BCUT2D eigenvalue weighted by Gasteiger charge is 2.24. The average molecular weight is 250 g/mol. The summed E-state index contributed by atoms with van der Waals surface area (Å²) in [6.45, 7) is 2.44. The van der Waals surface area contributed by atoms with Gasteiger partial charge >= 0.3 is 0 Å². The molecule has 18 heavy (non-hydrogen) atoms. The lowest BCUT2D eigenvalue weighted by Gasteiger charge is -2.27. The maximum absolute atomic E-state index is 11.5. The number of carbonyl (C=O) groups is 1. The molecule has 1 aromatic rings. The molecule has 1 saturated heterocycles. The van der Waals surface area contributed by atoms with Crippen LogP contribution in [0.3, 0.4) is 0 Å². The van der Waals surface area contributed by atoms with Gasteiger partial charge in [0, 0.05) is 44.2 Å². The molecule has 0 bridgehead atoms. The zero-order valence-corrected chi connectivity index (χ0v) is 10.7. The van der Waals surface area contributed by atoms with Gasteiger partial charge in [0.25, 0.3) is 0 Å². The Bertz CT molecular complexity index is 495. The fraction of sp³-hybridized carbons (Fsp3) is 0.538. The number of aryl methyl sites for hydroxylation is 1. The highest BCUT2D eigenvalue weighted by Crippen LogP contribution is 2.12. The van der Waals surface area contributed by atoms with Crippen molar-refractivity contribution in [2.75, 3.05) is 6.61 Å². The molecular weight excluding hydrogens is 232 g/mol. The van der Waals surface area contributed by atoms with E-state index in [9.17, 15) is 9.59 Å². The number of ketones is 1. The molecule has 0 spiro atoms. The summed E-state index contributed by atoms with van der Waals surface area (Å²) in [6.07, 6.45) is 2.75. The normalized spacial score (nSPS) is 24.0. The van der Waals surface area contributed by atoms with Gasteiger partial charge in [0.05, 0.1) is 0 Å². The second-order valence-electron chi connectivity index (χ2n) is 4.84. The van der Waals surface area contributed by atoms with Gasteiger partial charge in [0.1, 0.15) is 18.1 Å². The van der Waals surface area contributed by atoms with Crippen molar-refractivity contribution in [2.24, 2.45) is 7.05 Å². The molecule has 98 valence electrons. The summed E-state index contributed by atoms with van der Waals surface area (Å²) in [5.74, 6) is 0.917. The van der Waals surface area contributed by atoms with Crippen LogP contribution < -0.4 is 15.6 Å². The Morgan fingerprint density at radius 3 is 2.83 bits per heavy atom. The van der Waals surface area contributed by atoms with Gasteiger partial charge in [0.15, 0.2) is 0 Å². The number of nitrogens with zero attached hydrogens (tertiary/aromatic N) is 1. The van der Waals surface area contributed by atoms with Crippen molar-refractivity contribution < 1.29 is 9.53 Å². The van der Waals surface area contributed by atoms with Crippen LogP contribution in [0.15, 0.2) is 23.1 Å². The Balaban J connectivity index is 1.92. The number of hydrogen-bond acceptors (Lipinski definition) is 4. The number of piperidine rings is 1. The van der Waals surface area contributed by atoms with Gasteiger partial charge in [-0.2, -0.15) is 0 Å². The predicted octanol–water partition coefficient (Wildman–Crippen LogP) is 0.474. The Hall–Kier alpha value is -1.62. The summed E-state index contributed by atoms with van der Waals surface area (Å²) in [4.78, 5) is 22.7. The zero-order valence-electron chi connectivity index (χ0n) is 10.7. The third kappa shape index (κ3) is 3.20. The van der Waals surface area contributed by atoms with Gasteiger partial charge in [-0.1, -0.05) is 0 Å². The van der Waals surface area contributed by atoms with Crippen molar-refractivity contribution in [3.63, 3.8) is 0 Å². The molecule has 0 aliphatic carbocycles. The maximum atomic E-state index is 11.5. The molecule has 1 aliphatic heterocycles. The van der Waals surface area contributed by atoms with E-state index in [4.69, 9.17) is 4.74 Å². The molecule has 1 fully saturated rings. The Kier molecular flexibility index (Phi) is 3.81. The largest absolute Gasteiger partial charge is 0.490 e. The molecule has 2 rings (SSSR count). The molecule has 2 heterocycles. The highest BCUT2D eigenvalue weighted by molar-refractivity contribution is 5.80. The molecule has 0 amide bonds. The van der Waals surface area contributed by atoms with Crippen LogP contribution in [0.25, 0.3) is 0 Å². The molecular formula is C13H18N2O3. The number of pyridine rings is 1. The SMILES string of the molecule is C[C@H]1CC(=O)C[C@@H](COc2ccc(=O)n(C)c2)N1. The average Bonchev–Trinajstić information content (AvgIpc) is 2.29. The van der Waals surface area contributed by atoms with Crippen molar-refractivity contribution in [2.45, 2.75) is 31.8 Å². The van der Waals surface area contributed by atoms with Crippen molar-refractivity contribution in [3.8, 4) is 5.75 Å². The standard InChI is InChI=1S/C13H18N2O3/c1-9-5-11(16)6-10(14-9)8-18-12-3-4-13(17)15(2)7-12/h3-4,7,9-10,14H,5-6,8H2,1-2H3/t9-,10-/m0/s1. The van der Waals surface area contributed by atoms with Crippen LogP contribution in [-0.2, 0) is 11.8 Å². The Morgan fingerprint density at radius 2 is 2.17 bits per heavy atom. The third-order valence-electron chi connectivity index (χ3n) is 3.04. The second kappa shape index (κ2) is 5.35. The number of Topliss-reactive ketones (excluding diaryl/α,β-unsaturated/α-hetero) is 1. The number of ether oxygens (including phenoxy) is 1. The van der Waals surface area contributed by atoms with Crippen LogP contribution in [-0.4, -0.2) is 29.0 Å². The van der Waals surface area contributed by atoms with Crippen LogP contribution in [0.4, 0.5) is 0 Å². The van der Waals surface area contributed by atoms with E-state index < -0.39 is 0 Å². The predicted molar refractivity (Wildman–Crippen MR) is 67.8 cm³/mol. The fourth-order valence-corrected chi connectivity index (χ4v) is 2.18. The topological polar surface area (TPSA) is 60.3 Å². The van der Waals surface area contributed by atoms with Crippen LogP contribution >= 0.6 is 0 Å². The number of aromatic nitrogens is 1. The quantitative estimate of drug-likeness (QED) is 0.847. The summed E-state index contributed by atoms with van der Waals surface area (Å²) < 4.78 is 7.07. The maximum Gasteiger partial charge on any atom is 0.250 e. The lowest BCUT2D eigenvalue weighted by atomic mass is 9.99. The van der Waals surface area contributed by atoms with Gasteiger partial charge in [-0.3, -0.25) is 9.59 Å². The van der Waals surface area contributed by atoms with Crippen LogP contribution in [0.1, 0.15) is 19.8 Å². The number of rotatable bonds is 3. The molecule has 1 aromatic heterocycles. The van der Waals surface area contributed by atoms with Crippen molar-refractivity contribution in [1.29, 1.82) is 0 Å². The van der Waals surface area contributed by atoms with Gasteiger partial charge in [-0.15, -0.1) is 0 Å². The van der Waals surface area contributed by atoms with E-state index in [1.165, 1.54) is 10.6 Å². The van der Waals surface area contributed by atoms with E-state index in [0.29, 0.717) is 25.2 Å². The minimum absolute atomic E-state index is 0.0542. The summed E-state index contributed by atoms with van der Waals surface area (Å²) >= 11 is 0. The molecule has 0 radical (unpaired) electrons. The minimum atomic E-state index is -0.0676. The Morgan fingerprint density at radius 1 is 1.39 bits per heavy atom. The Labute approximate surface area is 106 Å². The molecule has 0 saturated carbocycles. The van der Waals surface area contributed by atoms with Gasteiger partial charge < -0.3 is 14.6 Å². The van der Waals surface area contributed by atoms with Gasteiger partial charge in [-0.05, 0) is 13.0 Å². The van der Waals surface area contributed by atoms with E-state index in [2.05, 4.69) is 5.32 Å². The number of hydrogen-bond donors (Lipinski definition) is 1. The van der Waals surface area contributed by atoms with E-state index in [1.54, 1.807) is 19.3 Å². The molecule has 5 heteroatoms. The molecule has 1 aliphatic rings. The molecule has 0 unspecified atom stereocenters. The van der Waals surface area contributed by atoms with Crippen LogP contribution in [0.2, 0.25) is 0 Å². The summed E-state index contributed by atoms with van der Waals surface area (Å²) in [5, 5.41) is 3.33. The van der Waals surface area contributed by atoms with E-state index in [0.717, 1.165) is 0 Å². The highest BCUT2D eigenvalue weighted by atomic mass is 16.5. The lowest BCUT2D eigenvalue weighted by Crippen LogP contribution is -2.47. The summed E-state index contributed by atoms with van der Waals surface area (Å²) in [6, 6.07) is 3.38. The smallest absolute Gasteiger partial charge is 0.250 e. The van der Waals surface area contributed by atoms with Crippen molar-refractivity contribution in [3.05, 3.63) is 28.7 Å². The fourth-order valence-electron chi connectivity index (χ4n) is 2.18. The van der Waals surface area contributed by atoms with E-state index >= 15 is 0 Å². The van der Waals surface area contributed by atoms with Crippen molar-refractivity contribution >= 4 is 5.78 Å². The zero-order chi connectivity index (χ0) is 13.1. The first-order valence-electron chi connectivity index (χ1n) is 6.12. The molecule has 5 nitrogen and oxygen atoms in total. The first-order valence-corrected chi connectivity index (χ1v) is 6.12. The molecule has 1 N–H and O–H groups in total. The van der Waals surface area contributed by atoms with Crippen LogP contribution in [0.5, 0.6) is 5.75 Å². The second-order valence-corrected chi connectivity index (χ2v) is 4.84. The van der Waals surface area contributed by atoms with Crippen molar-refractivity contribution in [1.82, 2.24) is 9.88 Å². The summed E-state index contributed by atoms with van der Waals surface area (Å²) in [5.41, 5.74) is -0.0676. The summed E-state index contributed by atoms with van der Waals surface area (Å²) in [7, 11) is 1.68. The van der Waals surface area contributed by atoms with Gasteiger partial charge in [0.2, 0.25) is 5.56 Å². The van der Waals surface area contributed by atoms with E-state index in [-0.39, 0.29) is 23.4 Å². The first-order chi connectivity index (χ1) is 8.54. The van der Waals surface area contributed by atoms with E-state index in [1.807, 2.05) is 6.92 Å². The van der Waals surface area contributed by atoms with Crippen LogP contribution in [0, 0.1) is 0 Å². The minimum Gasteiger partial charge on any atom is -0.490 e.